The molecular weight excluding hydrogens is 204 g/mol. The summed E-state index contributed by atoms with van der Waals surface area (Å²) >= 11 is 1.36. The van der Waals surface area contributed by atoms with E-state index in [1.165, 1.54) is 11.3 Å². The van der Waals surface area contributed by atoms with Crippen molar-refractivity contribution < 1.29 is 19.4 Å². The average Bonchev–Trinajstić information content (AvgIpc) is 2.69. The standard InChI is InChI=1S/C9H8O4S/c1-13-9(12)8(11)4-7(10)6-2-3-14-5-6/h2-5,11H,1H3/b8-4-. The first-order valence-corrected chi connectivity index (χ1v) is 4.65. The van der Waals surface area contributed by atoms with Crippen LogP contribution in [0.15, 0.2) is 28.7 Å². The largest absolute Gasteiger partial charge is 0.502 e. The first-order chi connectivity index (χ1) is 6.65. The number of ketones is 1. The Labute approximate surface area is 84.4 Å². The number of methoxy groups -OCH3 is 1. The van der Waals surface area contributed by atoms with Crippen molar-refractivity contribution in [3.8, 4) is 0 Å². The van der Waals surface area contributed by atoms with E-state index < -0.39 is 17.5 Å². The zero-order valence-electron chi connectivity index (χ0n) is 7.39. The summed E-state index contributed by atoms with van der Waals surface area (Å²) in [6.45, 7) is 0. The summed E-state index contributed by atoms with van der Waals surface area (Å²) in [6, 6.07) is 1.61. The maximum absolute atomic E-state index is 11.3. The van der Waals surface area contributed by atoms with Gasteiger partial charge in [-0.15, -0.1) is 0 Å². The smallest absolute Gasteiger partial charge is 0.373 e. The number of hydrogen-bond acceptors (Lipinski definition) is 5. The van der Waals surface area contributed by atoms with E-state index in [-0.39, 0.29) is 0 Å². The van der Waals surface area contributed by atoms with E-state index in [0.29, 0.717) is 5.56 Å². The van der Waals surface area contributed by atoms with Gasteiger partial charge in [0.15, 0.2) is 5.78 Å². The van der Waals surface area contributed by atoms with Crippen molar-refractivity contribution in [1.29, 1.82) is 0 Å². The second-order valence-electron chi connectivity index (χ2n) is 2.40. The number of carbonyl (C=O) groups is 2. The number of esters is 1. The highest BCUT2D eigenvalue weighted by atomic mass is 32.1. The topological polar surface area (TPSA) is 63.6 Å². The molecule has 1 rings (SSSR count). The van der Waals surface area contributed by atoms with Crippen LogP contribution in [0.2, 0.25) is 0 Å². The number of aliphatic hydroxyl groups is 1. The van der Waals surface area contributed by atoms with Gasteiger partial charge in [0.05, 0.1) is 7.11 Å². The molecule has 14 heavy (non-hydrogen) atoms. The molecule has 0 aliphatic heterocycles. The summed E-state index contributed by atoms with van der Waals surface area (Å²) in [7, 11) is 1.13. The minimum atomic E-state index is -0.923. The van der Waals surface area contributed by atoms with Gasteiger partial charge in [-0.05, 0) is 11.4 Å². The summed E-state index contributed by atoms with van der Waals surface area (Å²) in [5.74, 6) is -2.04. The minimum absolute atomic E-state index is 0.422. The van der Waals surface area contributed by atoms with Crippen LogP contribution in [0.25, 0.3) is 0 Å². The summed E-state index contributed by atoms with van der Waals surface area (Å²) in [5.41, 5.74) is 0.436. The molecular formula is C9H8O4S. The van der Waals surface area contributed by atoms with E-state index in [0.717, 1.165) is 13.2 Å². The monoisotopic (exact) mass is 212 g/mol. The van der Waals surface area contributed by atoms with Gasteiger partial charge in [-0.3, -0.25) is 4.79 Å². The van der Waals surface area contributed by atoms with Gasteiger partial charge in [0.2, 0.25) is 5.76 Å². The third-order valence-corrected chi connectivity index (χ3v) is 2.15. The maximum atomic E-state index is 11.3. The van der Waals surface area contributed by atoms with E-state index in [4.69, 9.17) is 5.11 Å². The molecule has 0 aromatic carbocycles. The lowest BCUT2D eigenvalue weighted by molar-refractivity contribution is -0.139. The molecule has 1 aromatic rings. The molecule has 0 spiro atoms. The van der Waals surface area contributed by atoms with Crippen LogP contribution in [0.3, 0.4) is 0 Å². The molecule has 0 saturated carbocycles. The zero-order valence-corrected chi connectivity index (χ0v) is 8.21. The zero-order chi connectivity index (χ0) is 10.6. The van der Waals surface area contributed by atoms with Crippen molar-refractivity contribution in [2.45, 2.75) is 0 Å². The van der Waals surface area contributed by atoms with Gasteiger partial charge in [0.1, 0.15) is 0 Å². The SMILES string of the molecule is COC(=O)/C(O)=C/C(=O)c1ccsc1. The van der Waals surface area contributed by atoms with Crippen molar-refractivity contribution in [2.24, 2.45) is 0 Å². The third kappa shape index (κ3) is 2.43. The number of aliphatic hydroxyl groups excluding tert-OH is 1. The predicted molar refractivity (Wildman–Crippen MR) is 51.4 cm³/mol. The Morgan fingerprint density at radius 3 is 2.79 bits per heavy atom. The Morgan fingerprint density at radius 1 is 1.57 bits per heavy atom. The Morgan fingerprint density at radius 2 is 2.29 bits per heavy atom. The van der Waals surface area contributed by atoms with E-state index in [1.54, 1.807) is 16.8 Å². The van der Waals surface area contributed by atoms with Crippen molar-refractivity contribution in [2.75, 3.05) is 7.11 Å². The van der Waals surface area contributed by atoms with Crippen LogP contribution in [0, 0.1) is 0 Å². The fraction of sp³-hybridized carbons (Fsp3) is 0.111. The predicted octanol–water partition coefficient (Wildman–Crippen LogP) is 1.55. The first-order valence-electron chi connectivity index (χ1n) is 3.70. The summed E-state index contributed by atoms with van der Waals surface area (Å²) in [4.78, 5) is 22.0. The molecule has 4 nitrogen and oxygen atoms in total. The molecule has 0 bridgehead atoms. The highest BCUT2D eigenvalue weighted by Crippen LogP contribution is 2.08. The van der Waals surface area contributed by atoms with Crippen LogP contribution in [-0.4, -0.2) is 24.0 Å². The van der Waals surface area contributed by atoms with Gasteiger partial charge >= 0.3 is 5.97 Å². The molecule has 0 fully saturated rings. The van der Waals surface area contributed by atoms with Crippen molar-refractivity contribution in [1.82, 2.24) is 0 Å². The number of ether oxygens (including phenoxy) is 1. The lowest BCUT2D eigenvalue weighted by Crippen LogP contribution is -2.06. The fourth-order valence-electron chi connectivity index (χ4n) is 0.776. The van der Waals surface area contributed by atoms with Gasteiger partial charge < -0.3 is 9.84 Å². The van der Waals surface area contributed by atoms with E-state index in [9.17, 15) is 9.59 Å². The minimum Gasteiger partial charge on any atom is -0.502 e. The van der Waals surface area contributed by atoms with Crippen LogP contribution in [0.1, 0.15) is 10.4 Å². The van der Waals surface area contributed by atoms with Crippen molar-refractivity contribution in [3.63, 3.8) is 0 Å². The van der Waals surface area contributed by atoms with Gasteiger partial charge in [0, 0.05) is 17.0 Å². The fourth-order valence-corrected chi connectivity index (χ4v) is 1.42. The maximum Gasteiger partial charge on any atom is 0.373 e. The van der Waals surface area contributed by atoms with E-state index >= 15 is 0 Å². The Balaban J connectivity index is 2.78. The van der Waals surface area contributed by atoms with Gasteiger partial charge in [-0.25, -0.2) is 4.79 Å². The molecule has 5 heteroatoms. The average molecular weight is 212 g/mol. The number of carbonyl (C=O) groups excluding carboxylic acids is 2. The molecule has 0 aliphatic rings. The highest BCUT2D eigenvalue weighted by Gasteiger charge is 2.10. The van der Waals surface area contributed by atoms with Crippen LogP contribution in [0.5, 0.6) is 0 Å². The van der Waals surface area contributed by atoms with Crippen molar-refractivity contribution >= 4 is 23.1 Å². The van der Waals surface area contributed by atoms with Crippen LogP contribution in [0.4, 0.5) is 0 Å². The molecule has 0 unspecified atom stereocenters. The number of thiophene rings is 1. The summed E-state index contributed by atoms with van der Waals surface area (Å²) < 4.78 is 4.22. The van der Waals surface area contributed by atoms with Crippen LogP contribution < -0.4 is 0 Å². The molecule has 0 aliphatic carbocycles. The molecule has 0 amide bonds. The lowest BCUT2D eigenvalue weighted by atomic mass is 10.2. The van der Waals surface area contributed by atoms with E-state index in [2.05, 4.69) is 4.74 Å². The molecule has 1 aromatic heterocycles. The molecule has 74 valence electrons. The second kappa shape index (κ2) is 4.57. The van der Waals surface area contributed by atoms with Gasteiger partial charge in [-0.2, -0.15) is 11.3 Å². The normalized spacial score (nSPS) is 11.1. The van der Waals surface area contributed by atoms with E-state index in [1.807, 2.05) is 0 Å². The molecule has 1 heterocycles. The molecule has 0 atom stereocenters. The number of hydrogen-bond donors (Lipinski definition) is 1. The number of allylic oxidation sites excluding steroid dienone is 1. The first kappa shape index (κ1) is 10.5. The third-order valence-electron chi connectivity index (χ3n) is 1.47. The highest BCUT2D eigenvalue weighted by molar-refractivity contribution is 7.08. The van der Waals surface area contributed by atoms with Gasteiger partial charge in [-0.1, -0.05) is 0 Å². The Hall–Kier alpha value is -1.62. The summed E-state index contributed by atoms with van der Waals surface area (Å²) in [6.07, 6.45) is 0.841. The van der Waals surface area contributed by atoms with Crippen molar-refractivity contribution in [3.05, 3.63) is 34.2 Å². The summed E-state index contributed by atoms with van der Waals surface area (Å²) in [5, 5.41) is 12.4. The Kier molecular flexibility index (Phi) is 3.41. The second-order valence-corrected chi connectivity index (χ2v) is 3.18. The Bertz CT molecular complexity index is 364. The molecule has 1 N–H and O–H groups in total. The van der Waals surface area contributed by atoms with Crippen LogP contribution >= 0.6 is 11.3 Å². The van der Waals surface area contributed by atoms with Gasteiger partial charge in [0.25, 0.3) is 0 Å². The number of rotatable bonds is 3. The quantitative estimate of drug-likeness (QED) is 0.357. The molecule has 0 radical (unpaired) electrons. The molecule has 0 saturated heterocycles. The van der Waals surface area contributed by atoms with Crippen LogP contribution in [-0.2, 0) is 9.53 Å². The lowest BCUT2D eigenvalue weighted by Gasteiger charge is -1.95.